The smallest absolute Gasteiger partial charge is 0.0967 e. The van der Waals surface area contributed by atoms with Crippen LogP contribution in [0.3, 0.4) is 0 Å². The Kier molecular flexibility index (Phi) is 13.5. The molecule has 0 aromatic heterocycles. The molecular formula is C17H32Al2. The van der Waals surface area contributed by atoms with Gasteiger partial charge < -0.3 is 0 Å². The number of benzene rings is 1. The summed E-state index contributed by atoms with van der Waals surface area (Å²) in [6.07, 6.45) is 0. The molecule has 106 valence electrons. The van der Waals surface area contributed by atoms with Gasteiger partial charge in [0.2, 0.25) is 0 Å². The Balaban J connectivity index is 0.000000399. The Bertz CT molecular complexity index is 271. The summed E-state index contributed by atoms with van der Waals surface area (Å²) < 4.78 is 0. The van der Waals surface area contributed by atoms with E-state index in [-0.39, 0.29) is 14.1 Å². The number of hydrogen-bond donors (Lipinski definition) is 0. The van der Waals surface area contributed by atoms with Crippen LogP contribution in [-0.4, -0.2) is 28.3 Å². The molecule has 0 radical (unpaired) electrons. The minimum absolute atomic E-state index is 0.171. The summed E-state index contributed by atoms with van der Waals surface area (Å²) in [6.45, 7) is 11.6. The number of hydrogen-bond acceptors (Lipinski definition) is 0. The molecular weight excluding hydrogens is 258 g/mol. The van der Waals surface area contributed by atoms with Crippen molar-refractivity contribution in [1.82, 2.24) is 0 Å². The third-order valence-corrected chi connectivity index (χ3v) is 11.1. The van der Waals surface area contributed by atoms with Crippen LogP contribution in [0, 0.1) is 0 Å². The van der Waals surface area contributed by atoms with Crippen LogP contribution >= 0.6 is 0 Å². The summed E-state index contributed by atoms with van der Waals surface area (Å²) in [6, 6.07) is 10.9. The second-order valence-electron chi connectivity index (χ2n) is 5.46. The van der Waals surface area contributed by atoms with Crippen LogP contribution in [-0.2, 0) is 5.28 Å². The van der Waals surface area contributed by atoms with Crippen molar-refractivity contribution in [1.29, 1.82) is 0 Å². The Morgan fingerprint density at radius 2 is 1.05 bits per heavy atom. The van der Waals surface area contributed by atoms with Crippen molar-refractivity contribution in [2.45, 2.75) is 66.3 Å². The molecule has 1 aromatic carbocycles. The maximum absolute atomic E-state index is 2.34. The van der Waals surface area contributed by atoms with Crippen LogP contribution in [0.4, 0.5) is 0 Å². The SMILES string of the molecule is C[CH2][Al]([CH2]C)[CH2]C.C[CH2][Al]([CH2]C)[CH2]c1ccccc1. The van der Waals surface area contributed by atoms with Gasteiger partial charge in [-0.2, -0.15) is 0 Å². The Labute approximate surface area is 130 Å². The molecule has 0 saturated heterocycles. The van der Waals surface area contributed by atoms with Crippen LogP contribution in [0.2, 0.25) is 26.4 Å². The average molecular weight is 290 g/mol. The highest BCUT2D eigenvalue weighted by atomic mass is 27.2. The van der Waals surface area contributed by atoms with E-state index in [4.69, 9.17) is 0 Å². The van der Waals surface area contributed by atoms with Crippen LogP contribution in [0.1, 0.15) is 40.2 Å². The van der Waals surface area contributed by atoms with E-state index in [0.29, 0.717) is 0 Å². The standard InChI is InChI=1S/C7H7.5C2H5.2Al/c1-7-5-3-2-4-6-7;5*1-2;;/h2-6H,1H2;5*1H2,2H3;;. The van der Waals surface area contributed by atoms with E-state index in [1.807, 2.05) is 0 Å². The fraction of sp³-hybridized carbons (Fsp3) is 0.647. The van der Waals surface area contributed by atoms with E-state index in [9.17, 15) is 0 Å². The minimum atomic E-state index is -0.419. The van der Waals surface area contributed by atoms with Crippen molar-refractivity contribution >= 4 is 28.3 Å². The molecule has 0 spiro atoms. The highest BCUT2D eigenvalue weighted by Gasteiger charge is 2.11. The zero-order valence-electron chi connectivity index (χ0n) is 13.8. The fourth-order valence-corrected chi connectivity index (χ4v) is 6.22. The molecule has 0 amide bonds. The molecule has 2 heteroatoms. The lowest BCUT2D eigenvalue weighted by Gasteiger charge is -2.05. The first kappa shape index (κ1) is 19.3. The molecule has 19 heavy (non-hydrogen) atoms. The molecule has 1 rings (SSSR count). The van der Waals surface area contributed by atoms with E-state index in [0.717, 1.165) is 0 Å². The molecule has 0 aliphatic heterocycles. The van der Waals surface area contributed by atoms with Gasteiger partial charge in [0.05, 0.1) is 0 Å². The van der Waals surface area contributed by atoms with Crippen LogP contribution in [0.15, 0.2) is 30.3 Å². The van der Waals surface area contributed by atoms with Gasteiger partial charge >= 0.3 is 0 Å². The van der Waals surface area contributed by atoms with Gasteiger partial charge in [0, 0.05) is 0 Å². The number of rotatable bonds is 7. The lowest BCUT2D eigenvalue weighted by molar-refractivity contribution is 1.22. The summed E-state index contributed by atoms with van der Waals surface area (Å²) in [5, 5.41) is 8.73. The quantitative estimate of drug-likeness (QED) is 0.553. The Morgan fingerprint density at radius 3 is 1.37 bits per heavy atom. The lowest BCUT2D eigenvalue weighted by Crippen LogP contribution is -2.13. The monoisotopic (exact) mass is 290 g/mol. The largest absolute Gasteiger partial charge is 0.266 e. The Morgan fingerprint density at radius 1 is 0.632 bits per heavy atom. The summed E-state index contributed by atoms with van der Waals surface area (Å²) >= 11 is -0.590. The van der Waals surface area contributed by atoms with Gasteiger partial charge in [-0.25, -0.2) is 0 Å². The Hall–Kier alpha value is 0.285. The summed E-state index contributed by atoms with van der Waals surface area (Å²) in [7, 11) is 0. The normalized spacial score (nSPS) is 9.53. The van der Waals surface area contributed by atoms with Crippen molar-refractivity contribution in [3.05, 3.63) is 35.9 Å². The third kappa shape index (κ3) is 9.76. The van der Waals surface area contributed by atoms with Gasteiger partial charge in [0.1, 0.15) is 0 Å². The molecule has 0 aliphatic rings. The zero-order chi connectivity index (χ0) is 14.5. The predicted molar refractivity (Wildman–Crippen MR) is 94.1 cm³/mol. The van der Waals surface area contributed by atoms with Gasteiger partial charge in [0.25, 0.3) is 28.3 Å². The van der Waals surface area contributed by atoms with Crippen molar-refractivity contribution < 1.29 is 0 Å². The van der Waals surface area contributed by atoms with Gasteiger partial charge in [-0.05, 0) is 0 Å². The van der Waals surface area contributed by atoms with Crippen molar-refractivity contribution in [3.8, 4) is 0 Å². The molecule has 0 heterocycles. The average Bonchev–Trinajstić information content (AvgIpc) is 2.48. The van der Waals surface area contributed by atoms with Crippen LogP contribution in [0.25, 0.3) is 0 Å². The third-order valence-electron chi connectivity index (χ3n) is 4.25. The molecule has 0 nitrogen and oxygen atoms in total. The van der Waals surface area contributed by atoms with Crippen LogP contribution in [0.5, 0.6) is 0 Å². The molecule has 0 atom stereocenters. The molecule has 0 fully saturated rings. The molecule has 0 aliphatic carbocycles. The molecule has 0 bridgehead atoms. The molecule has 0 N–H and O–H groups in total. The van der Waals surface area contributed by atoms with Gasteiger partial charge in [-0.1, -0.05) is 102 Å². The van der Waals surface area contributed by atoms with Crippen molar-refractivity contribution in [2.24, 2.45) is 0 Å². The zero-order valence-corrected chi connectivity index (χ0v) is 16.1. The van der Waals surface area contributed by atoms with Gasteiger partial charge in [-0.3, -0.25) is 0 Å². The molecule has 0 saturated carbocycles. The first-order valence-electron chi connectivity index (χ1n) is 8.25. The van der Waals surface area contributed by atoms with Crippen molar-refractivity contribution in [3.63, 3.8) is 0 Å². The first-order chi connectivity index (χ1) is 9.21. The van der Waals surface area contributed by atoms with E-state index >= 15 is 0 Å². The highest BCUT2D eigenvalue weighted by molar-refractivity contribution is 6.58. The van der Waals surface area contributed by atoms with E-state index < -0.39 is 14.1 Å². The van der Waals surface area contributed by atoms with Gasteiger partial charge in [-0.15, -0.1) is 0 Å². The maximum atomic E-state index is 2.34. The minimum Gasteiger partial charge on any atom is -0.0967 e. The van der Waals surface area contributed by atoms with E-state index in [2.05, 4.69) is 65.0 Å². The van der Waals surface area contributed by atoms with Crippen LogP contribution < -0.4 is 0 Å². The topological polar surface area (TPSA) is 0 Å². The summed E-state index contributed by atoms with van der Waals surface area (Å²) in [5.74, 6) is 0. The molecule has 1 aromatic rings. The van der Waals surface area contributed by atoms with Gasteiger partial charge in [0.15, 0.2) is 0 Å². The summed E-state index contributed by atoms with van der Waals surface area (Å²) in [5.41, 5.74) is 1.54. The fourth-order valence-electron chi connectivity index (χ4n) is 2.39. The highest BCUT2D eigenvalue weighted by Crippen LogP contribution is 2.07. The molecule has 0 unspecified atom stereocenters. The summed E-state index contributed by atoms with van der Waals surface area (Å²) in [4.78, 5) is 0. The van der Waals surface area contributed by atoms with Crippen molar-refractivity contribution in [2.75, 3.05) is 0 Å². The predicted octanol–water partition coefficient (Wildman–Crippen LogP) is 5.84. The second-order valence-corrected chi connectivity index (χ2v) is 13.4. The van der Waals surface area contributed by atoms with E-state index in [1.165, 1.54) is 37.3 Å². The maximum Gasteiger partial charge on any atom is 0.266 e. The first-order valence-corrected chi connectivity index (χ1v) is 13.1. The lowest BCUT2D eigenvalue weighted by atomic mass is 10.2. The second kappa shape index (κ2) is 13.3. The van der Waals surface area contributed by atoms with E-state index in [1.54, 1.807) is 0 Å².